The van der Waals surface area contributed by atoms with Gasteiger partial charge in [0.05, 0.1) is 15.5 Å². The smallest absolute Gasteiger partial charge is 0.355 e. The van der Waals surface area contributed by atoms with E-state index in [2.05, 4.69) is 5.32 Å². The Kier molecular flexibility index (Phi) is 4.04. The van der Waals surface area contributed by atoms with Crippen LogP contribution in [0.3, 0.4) is 0 Å². The Morgan fingerprint density at radius 2 is 1.62 bits per heavy atom. The van der Waals surface area contributed by atoms with Gasteiger partial charge in [-0.05, 0) is 30.3 Å². The van der Waals surface area contributed by atoms with Gasteiger partial charge < -0.3 is 5.32 Å². The van der Waals surface area contributed by atoms with Gasteiger partial charge in [0.15, 0.2) is 0 Å². The number of nitrogens with zero attached hydrogens (tertiary/aromatic N) is 1. The van der Waals surface area contributed by atoms with E-state index < -0.39 is 21.7 Å². The molecular formula is C13H8ClF3N2O2. The zero-order valence-corrected chi connectivity index (χ0v) is 11.1. The summed E-state index contributed by atoms with van der Waals surface area (Å²) in [5, 5.41) is 12.9. The molecule has 0 unspecified atom stereocenters. The average Bonchev–Trinajstić information content (AvgIpc) is 2.37. The van der Waals surface area contributed by atoms with E-state index in [1.807, 2.05) is 0 Å². The van der Waals surface area contributed by atoms with Crippen molar-refractivity contribution in [3.63, 3.8) is 0 Å². The van der Waals surface area contributed by atoms with Crippen molar-refractivity contribution in [2.45, 2.75) is 6.18 Å². The van der Waals surface area contributed by atoms with Crippen molar-refractivity contribution in [2.75, 3.05) is 5.32 Å². The molecule has 0 atom stereocenters. The van der Waals surface area contributed by atoms with Crippen molar-refractivity contribution in [1.29, 1.82) is 0 Å². The minimum absolute atomic E-state index is 0.0778. The van der Waals surface area contributed by atoms with Crippen LogP contribution in [0.2, 0.25) is 5.02 Å². The molecule has 0 spiro atoms. The van der Waals surface area contributed by atoms with Crippen LogP contribution in [-0.2, 0) is 6.18 Å². The second kappa shape index (κ2) is 5.61. The number of rotatable bonds is 3. The molecule has 2 rings (SSSR count). The lowest BCUT2D eigenvalue weighted by Gasteiger charge is -2.11. The Labute approximate surface area is 122 Å². The summed E-state index contributed by atoms with van der Waals surface area (Å²) in [6, 6.07) is 8.72. The van der Waals surface area contributed by atoms with Crippen molar-refractivity contribution >= 4 is 28.7 Å². The zero-order valence-electron chi connectivity index (χ0n) is 10.3. The molecule has 0 aliphatic rings. The first kappa shape index (κ1) is 15.1. The molecule has 2 aromatic rings. The molecule has 110 valence electrons. The summed E-state index contributed by atoms with van der Waals surface area (Å²) in [6.07, 6.45) is -4.51. The van der Waals surface area contributed by atoms with Gasteiger partial charge in [-0.1, -0.05) is 11.6 Å². The minimum atomic E-state index is -4.51. The van der Waals surface area contributed by atoms with Crippen LogP contribution >= 0.6 is 11.6 Å². The van der Waals surface area contributed by atoms with Crippen molar-refractivity contribution in [3.05, 3.63) is 63.2 Å². The lowest BCUT2D eigenvalue weighted by molar-refractivity contribution is -0.384. The number of benzene rings is 2. The lowest BCUT2D eigenvalue weighted by Crippen LogP contribution is -2.05. The molecule has 0 radical (unpaired) electrons. The van der Waals surface area contributed by atoms with Crippen molar-refractivity contribution < 1.29 is 18.1 Å². The fourth-order valence-corrected chi connectivity index (χ4v) is 1.94. The van der Waals surface area contributed by atoms with Crippen LogP contribution in [0.4, 0.5) is 30.2 Å². The topological polar surface area (TPSA) is 55.2 Å². The molecule has 0 heterocycles. The van der Waals surface area contributed by atoms with Gasteiger partial charge in [-0.2, -0.15) is 13.2 Å². The van der Waals surface area contributed by atoms with Crippen molar-refractivity contribution in [2.24, 2.45) is 0 Å². The van der Waals surface area contributed by atoms with E-state index in [0.29, 0.717) is 11.4 Å². The van der Waals surface area contributed by atoms with E-state index in [1.165, 1.54) is 30.3 Å². The third kappa shape index (κ3) is 3.63. The number of non-ortho nitro benzene ring substituents is 1. The van der Waals surface area contributed by atoms with Gasteiger partial charge in [0.2, 0.25) is 0 Å². The Hall–Kier alpha value is -2.28. The maximum atomic E-state index is 12.6. The molecule has 0 bridgehead atoms. The van der Waals surface area contributed by atoms with Crippen molar-refractivity contribution in [1.82, 2.24) is 0 Å². The summed E-state index contributed by atoms with van der Waals surface area (Å²) in [7, 11) is 0. The Balaban J connectivity index is 2.20. The lowest BCUT2D eigenvalue weighted by atomic mass is 10.2. The van der Waals surface area contributed by atoms with E-state index in [4.69, 9.17) is 11.6 Å². The Morgan fingerprint density at radius 3 is 2.10 bits per heavy atom. The molecule has 0 amide bonds. The number of halogens is 4. The molecule has 4 nitrogen and oxygen atoms in total. The highest BCUT2D eigenvalue weighted by Crippen LogP contribution is 2.36. The van der Waals surface area contributed by atoms with Crippen LogP contribution in [-0.4, -0.2) is 4.92 Å². The summed E-state index contributed by atoms with van der Waals surface area (Å²) >= 11 is 5.60. The number of hydrogen-bond acceptors (Lipinski definition) is 3. The number of hydrogen-bond donors (Lipinski definition) is 1. The summed E-state index contributed by atoms with van der Waals surface area (Å²) in [6.45, 7) is 0. The molecular weight excluding hydrogens is 309 g/mol. The average molecular weight is 317 g/mol. The fourth-order valence-electron chi connectivity index (χ4n) is 1.66. The maximum absolute atomic E-state index is 12.6. The Morgan fingerprint density at radius 1 is 1.05 bits per heavy atom. The van der Waals surface area contributed by atoms with Gasteiger partial charge in [-0.25, -0.2) is 0 Å². The van der Waals surface area contributed by atoms with Crippen LogP contribution in [0.25, 0.3) is 0 Å². The molecule has 2 aromatic carbocycles. The fraction of sp³-hybridized carbons (Fsp3) is 0.0769. The predicted octanol–water partition coefficient (Wildman–Crippen LogP) is 5.01. The van der Waals surface area contributed by atoms with E-state index in [1.54, 1.807) is 0 Å². The molecule has 21 heavy (non-hydrogen) atoms. The van der Waals surface area contributed by atoms with Gasteiger partial charge in [-0.3, -0.25) is 10.1 Å². The van der Waals surface area contributed by atoms with Crippen LogP contribution < -0.4 is 5.32 Å². The highest BCUT2D eigenvalue weighted by atomic mass is 35.5. The highest BCUT2D eigenvalue weighted by molar-refractivity contribution is 6.31. The molecule has 8 heteroatoms. The molecule has 0 fully saturated rings. The molecule has 0 saturated carbocycles. The first-order valence-corrected chi connectivity index (χ1v) is 6.03. The SMILES string of the molecule is O=[N+]([O-])c1ccc(Nc2ccc(C(F)(F)F)c(Cl)c2)cc1. The van der Waals surface area contributed by atoms with Crippen molar-refractivity contribution in [3.8, 4) is 0 Å². The summed E-state index contributed by atoms with van der Waals surface area (Å²) in [5.41, 5.74) is -0.150. The van der Waals surface area contributed by atoms with E-state index in [0.717, 1.165) is 12.1 Å². The van der Waals surface area contributed by atoms with Gasteiger partial charge in [0.1, 0.15) is 0 Å². The number of anilines is 2. The number of alkyl halides is 3. The third-order valence-electron chi connectivity index (χ3n) is 2.64. The van der Waals surface area contributed by atoms with E-state index >= 15 is 0 Å². The van der Waals surface area contributed by atoms with Gasteiger partial charge in [-0.15, -0.1) is 0 Å². The summed E-state index contributed by atoms with van der Waals surface area (Å²) < 4.78 is 37.7. The van der Waals surface area contributed by atoms with E-state index in [9.17, 15) is 23.3 Å². The normalized spacial score (nSPS) is 11.2. The first-order valence-electron chi connectivity index (χ1n) is 5.65. The van der Waals surface area contributed by atoms with E-state index in [-0.39, 0.29) is 5.69 Å². The summed E-state index contributed by atoms with van der Waals surface area (Å²) in [5.74, 6) is 0. The second-order valence-electron chi connectivity index (χ2n) is 4.12. The van der Waals surface area contributed by atoms with Crippen LogP contribution in [0.15, 0.2) is 42.5 Å². The second-order valence-corrected chi connectivity index (χ2v) is 4.53. The molecule has 0 aliphatic carbocycles. The van der Waals surface area contributed by atoms with Crippen LogP contribution in [0, 0.1) is 10.1 Å². The third-order valence-corrected chi connectivity index (χ3v) is 2.95. The van der Waals surface area contributed by atoms with Gasteiger partial charge in [0, 0.05) is 23.5 Å². The minimum Gasteiger partial charge on any atom is -0.355 e. The highest BCUT2D eigenvalue weighted by Gasteiger charge is 2.33. The number of nitro benzene ring substituents is 1. The number of nitrogens with one attached hydrogen (secondary N) is 1. The zero-order chi connectivity index (χ0) is 15.6. The molecule has 0 saturated heterocycles. The number of nitro groups is 1. The van der Waals surface area contributed by atoms with Gasteiger partial charge >= 0.3 is 6.18 Å². The standard InChI is InChI=1S/C13H8ClF3N2O2/c14-12-7-9(3-6-11(12)13(15,16)17)18-8-1-4-10(5-2-8)19(20)21/h1-7,18H. The van der Waals surface area contributed by atoms with Crippen LogP contribution in [0.5, 0.6) is 0 Å². The Bertz CT molecular complexity index is 672. The monoisotopic (exact) mass is 316 g/mol. The quantitative estimate of drug-likeness (QED) is 0.639. The first-order chi connectivity index (χ1) is 9.77. The maximum Gasteiger partial charge on any atom is 0.417 e. The molecule has 1 N–H and O–H groups in total. The largest absolute Gasteiger partial charge is 0.417 e. The predicted molar refractivity (Wildman–Crippen MR) is 72.8 cm³/mol. The molecule has 0 aliphatic heterocycles. The summed E-state index contributed by atoms with van der Waals surface area (Å²) in [4.78, 5) is 9.96. The molecule has 0 aromatic heterocycles. The van der Waals surface area contributed by atoms with Gasteiger partial charge in [0.25, 0.3) is 5.69 Å². The van der Waals surface area contributed by atoms with Crippen LogP contribution in [0.1, 0.15) is 5.56 Å².